The van der Waals surface area contributed by atoms with E-state index in [-0.39, 0.29) is 34.5 Å². The molecule has 0 bridgehead atoms. The highest BCUT2D eigenvalue weighted by Gasteiger charge is 2.32. The fourth-order valence-corrected chi connectivity index (χ4v) is 17.6. The molecule has 0 spiro atoms. The molecule has 20 nitrogen and oxygen atoms in total. The largest absolute Gasteiger partial charge is 0.508 e. The number of hydrogen-bond acceptors (Lipinski definition) is 20. The Morgan fingerprint density at radius 1 is 0.201 bits per heavy atom. The molecule has 0 unspecified atom stereocenters. The van der Waals surface area contributed by atoms with Crippen molar-refractivity contribution in [3.8, 4) is 115 Å². The van der Waals surface area contributed by atoms with Gasteiger partial charge < -0.3 is 97.0 Å². The van der Waals surface area contributed by atoms with Crippen molar-refractivity contribution in [3.05, 3.63) is 415 Å². The van der Waals surface area contributed by atoms with Gasteiger partial charge in [-0.2, -0.15) is 0 Å². The summed E-state index contributed by atoms with van der Waals surface area (Å²) in [4.78, 5) is 0. The van der Waals surface area contributed by atoms with Gasteiger partial charge in [0.2, 0.25) is 0 Å². The zero-order chi connectivity index (χ0) is 97.7. The number of hydrogen-bond donors (Lipinski definition) is 6. The van der Waals surface area contributed by atoms with Crippen LogP contribution in [0.5, 0.6) is 115 Å². The summed E-state index contributed by atoms with van der Waals surface area (Å²) in [6, 6.07) is 96.4. The van der Waals surface area contributed by atoms with Gasteiger partial charge in [-0.3, -0.25) is 0 Å². The monoisotopic (exact) mass is 1860 g/mol. The quantitative estimate of drug-likeness (QED) is 0.0440. The predicted molar refractivity (Wildman–Crippen MR) is 546 cm³/mol. The van der Waals surface area contributed by atoms with Gasteiger partial charge in [-0.15, -0.1) is 0 Å². The maximum Gasteiger partial charge on any atom is 0.161 e. The Balaban J connectivity index is 0.000000126. The summed E-state index contributed by atoms with van der Waals surface area (Å²) in [7, 11) is 14.9. The maximum atomic E-state index is 10.2. The topological polar surface area (TPSA) is 251 Å². The van der Waals surface area contributed by atoms with Crippen molar-refractivity contribution >= 4 is 55.7 Å². The van der Waals surface area contributed by atoms with Gasteiger partial charge >= 0.3 is 0 Å². The van der Waals surface area contributed by atoms with Crippen molar-refractivity contribution in [3.63, 3.8) is 0 Å². The maximum absolute atomic E-state index is 10.2. The molecule has 15 aromatic carbocycles. The highest BCUT2D eigenvalue weighted by Crippen LogP contribution is 2.52. The molecule has 5 aliphatic rings. The standard InChI is InChI=1S/C25H24O5.C25H24O3.C24H22O4.C23H20O4.C22H18O4/c1-15-21(26)11-10-19-24(16-5-8-18(27-2)9-6-16)20(14-30-25(15)19)17-7-12-22(28-3)23(13-17)29-4;1-16-5-14-22-24(19-8-12-21(27-4)13-9-19)23(15-28-25(22)17(16)2)18-6-10-20(26-3)11-7-18;1-15-22(25)13-12-20-23(17-6-10-19(27-3)11-7-17)21(14-28-24(15)20)16-4-8-18(26-2)9-5-16;1-14-21(25)12-11-19-22(16-5-9-18(26-2)10-6-16)20(13-27-23(14)19)15-3-7-17(24)8-4-15;1-25-18-4-2-3-15(11-18)22-19-10-9-17(24)12-21(19)26-13-20(22)14-5-7-16(23)8-6-14/h5-13,26H,14H2,1-4H3;5-14H,15H2,1-4H3;4-13,25H,14H2,1-3H3;3-12,24-25H,13H2,1-2H3;2-12,23-24H,13H2,1H3. The van der Waals surface area contributed by atoms with Crippen molar-refractivity contribution in [1.29, 1.82) is 0 Å². The van der Waals surface area contributed by atoms with Gasteiger partial charge in [0, 0.05) is 78.4 Å². The zero-order valence-electron chi connectivity index (χ0n) is 79.8. The summed E-state index contributed by atoms with van der Waals surface area (Å²) in [5.41, 5.74) is 30.7. The summed E-state index contributed by atoms with van der Waals surface area (Å²) in [5, 5.41) is 59.4. The SMILES string of the molecule is COc1ccc(C2=C(c3ccc(O)cc3)COc3c2ccc(O)c3C)cc1.COc1ccc(C2=C(c3ccc(OC)c(OC)c3)COc3c2ccc(O)c3C)cc1.COc1ccc(C2=C(c3ccc(OC)cc3)c3ccc(C)c(C)c3OC2)cc1.COc1ccc(C2=C(c3ccc(OC)cc3)c3ccc(O)c(C)c3OC2)cc1.COc1cccc(C2=C(c3ccc(O)cc3)COc3cc(O)ccc32)c1. The molecule has 0 saturated carbocycles. The molecule has 0 amide bonds. The highest BCUT2D eigenvalue weighted by molar-refractivity contribution is 6.07. The number of methoxy groups -OCH3 is 9. The number of benzene rings is 15. The molecule has 0 radical (unpaired) electrons. The van der Waals surface area contributed by atoms with Crippen LogP contribution in [-0.4, -0.2) is 128 Å². The number of phenols is 6. The average molecular weight is 1860 g/mol. The third-order valence-corrected chi connectivity index (χ3v) is 25.4. The van der Waals surface area contributed by atoms with Crippen LogP contribution in [0.2, 0.25) is 0 Å². The number of ether oxygens (including phenoxy) is 14. The minimum Gasteiger partial charge on any atom is -0.508 e. The van der Waals surface area contributed by atoms with Crippen molar-refractivity contribution in [2.45, 2.75) is 34.6 Å². The number of aromatic hydroxyl groups is 6. The molecule has 0 fully saturated rings. The minimum atomic E-state index is 0.168. The molecule has 0 saturated heterocycles. The molecule has 0 atom stereocenters. The second kappa shape index (κ2) is 42.7. The summed E-state index contributed by atoms with van der Waals surface area (Å²) in [6.07, 6.45) is 0. The van der Waals surface area contributed by atoms with Gasteiger partial charge in [-0.1, -0.05) is 127 Å². The summed E-state index contributed by atoms with van der Waals surface area (Å²) >= 11 is 0. The number of phenolic OH excluding ortho intramolecular Hbond substituents is 6. The molecule has 15 aromatic rings. The Kier molecular flexibility index (Phi) is 29.2. The van der Waals surface area contributed by atoms with E-state index < -0.39 is 0 Å². The lowest BCUT2D eigenvalue weighted by atomic mass is 9.86. The lowest BCUT2D eigenvalue weighted by molar-refractivity contribution is 0.353. The van der Waals surface area contributed by atoms with E-state index in [1.165, 1.54) is 22.3 Å². The summed E-state index contributed by atoms with van der Waals surface area (Å²) < 4.78 is 78.5. The first-order valence-electron chi connectivity index (χ1n) is 45.1. The lowest BCUT2D eigenvalue weighted by Crippen LogP contribution is -2.13. The van der Waals surface area contributed by atoms with E-state index in [1.54, 1.807) is 119 Å². The molecule has 0 aliphatic carbocycles. The first-order valence-corrected chi connectivity index (χ1v) is 45.1. The third kappa shape index (κ3) is 20.4. The number of fused-ring (bicyclic) bond motifs is 5. The van der Waals surface area contributed by atoms with Crippen molar-refractivity contribution in [1.82, 2.24) is 0 Å². The van der Waals surface area contributed by atoms with Crippen LogP contribution in [0.1, 0.15) is 111 Å². The van der Waals surface area contributed by atoms with Crippen LogP contribution in [0.4, 0.5) is 0 Å². The molecule has 704 valence electrons. The van der Waals surface area contributed by atoms with E-state index in [2.05, 4.69) is 62.4 Å². The van der Waals surface area contributed by atoms with Crippen molar-refractivity contribution in [2.24, 2.45) is 0 Å². The van der Waals surface area contributed by atoms with E-state index in [4.69, 9.17) is 66.3 Å². The lowest BCUT2D eigenvalue weighted by Gasteiger charge is -2.27. The highest BCUT2D eigenvalue weighted by atomic mass is 16.5. The van der Waals surface area contributed by atoms with E-state index in [0.29, 0.717) is 61.8 Å². The van der Waals surface area contributed by atoms with Crippen LogP contribution in [0.25, 0.3) is 55.7 Å². The number of aryl methyl sites for hydroxylation is 1. The minimum absolute atomic E-state index is 0.168. The van der Waals surface area contributed by atoms with Crippen molar-refractivity contribution < 1.29 is 97.0 Å². The summed E-state index contributed by atoms with van der Waals surface area (Å²) in [5.74, 6) is 12.0. The predicted octanol–water partition coefficient (Wildman–Crippen LogP) is 25.0. The van der Waals surface area contributed by atoms with E-state index in [9.17, 15) is 30.6 Å². The van der Waals surface area contributed by atoms with Gasteiger partial charge in [0.1, 0.15) is 137 Å². The van der Waals surface area contributed by atoms with Crippen LogP contribution in [0, 0.1) is 34.6 Å². The van der Waals surface area contributed by atoms with E-state index in [0.717, 1.165) is 196 Å². The van der Waals surface area contributed by atoms with Crippen LogP contribution >= 0.6 is 0 Å². The first-order chi connectivity index (χ1) is 67.5. The normalized spacial score (nSPS) is 13.0. The Labute approximate surface area is 809 Å². The van der Waals surface area contributed by atoms with Crippen LogP contribution in [0.15, 0.2) is 303 Å². The van der Waals surface area contributed by atoms with Crippen LogP contribution < -0.4 is 66.3 Å². The first kappa shape index (κ1) is 95.2. The molecule has 5 aliphatic heterocycles. The fourth-order valence-electron chi connectivity index (χ4n) is 17.6. The Hall–Kier alpha value is -17.0. The Morgan fingerprint density at radius 2 is 0.475 bits per heavy atom. The zero-order valence-corrected chi connectivity index (χ0v) is 79.8. The molecule has 20 heteroatoms. The van der Waals surface area contributed by atoms with Crippen LogP contribution in [0.3, 0.4) is 0 Å². The molecule has 139 heavy (non-hydrogen) atoms. The van der Waals surface area contributed by atoms with E-state index in [1.807, 2.05) is 221 Å². The molecular weight excluding hydrogens is 1750 g/mol. The average Bonchev–Trinajstić information content (AvgIpc) is 0.774. The Bertz CT molecular complexity index is 7000. The Morgan fingerprint density at radius 3 is 0.806 bits per heavy atom. The van der Waals surface area contributed by atoms with Gasteiger partial charge in [-0.05, 0) is 299 Å². The second-order valence-corrected chi connectivity index (χ2v) is 33.3. The van der Waals surface area contributed by atoms with Gasteiger partial charge in [0.15, 0.2) is 11.5 Å². The van der Waals surface area contributed by atoms with Crippen LogP contribution in [-0.2, 0) is 0 Å². The fraction of sp³-hybridized carbons (Fsp3) is 0.160. The van der Waals surface area contributed by atoms with E-state index >= 15 is 0 Å². The molecule has 20 rings (SSSR count). The molecule has 0 aromatic heterocycles. The summed E-state index contributed by atoms with van der Waals surface area (Å²) in [6.45, 7) is 11.9. The molecular formula is C119H108O20. The smallest absolute Gasteiger partial charge is 0.161 e. The van der Waals surface area contributed by atoms with Gasteiger partial charge in [0.05, 0.1) is 64.0 Å². The van der Waals surface area contributed by atoms with Gasteiger partial charge in [0.25, 0.3) is 0 Å². The molecule has 5 heterocycles. The van der Waals surface area contributed by atoms with Gasteiger partial charge in [-0.25, -0.2) is 0 Å². The number of rotatable bonds is 19. The second-order valence-electron chi connectivity index (χ2n) is 33.3. The third-order valence-electron chi connectivity index (χ3n) is 25.4. The van der Waals surface area contributed by atoms with Crippen molar-refractivity contribution in [2.75, 3.05) is 97.0 Å². The molecule has 6 N–H and O–H groups in total.